The Balaban J connectivity index is 1.49. The lowest BCUT2D eigenvalue weighted by Gasteiger charge is -2.35. The molecule has 1 aromatic heterocycles. The molecule has 1 aromatic carbocycles. The maximum atomic E-state index is 13.3. The molecule has 3 aliphatic rings. The molecule has 2 aromatic rings. The van der Waals surface area contributed by atoms with Gasteiger partial charge in [0.25, 0.3) is 5.91 Å². The van der Waals surface area contributed by atoms with Crippen LogP contribution in [-0.4, -0.2) is 22.2 Å². The normalized spacial score (nSPS) is 31.3. The van der Waals surface area contributed by atoms with Gasteiger partial charge in [0, 0.05) is 29.6 Å². The van der Waals surface area contributed by atoms with Gasteiger partial charge in [-0.3, -0.25) is 9.78 Å². The first-order valence-corrected chi connectivity index (χ1v) is 9.23. The number of pyridine rings is 1. The Morgan fingerprint density at radius 3 is 2.85 bits per heavy atom. The molecule has 1 amide bonds. The highest BCUT2D eigenvalue weighted by molar-refractivity contribution is 6.10. The first kappa shape index (κ1) is 15.6. The summed E-state index contributed by atoms with van der Waals surface area (Å²) >= 11 is 0. The average molecular weight is 347 g/mol. The van der Waals surface area contributed by atoms with Crippen LogP contribution in [0.1, 0.15) is 30.4 Å². The van der Waals surface area contributed by atoms with Gasteiger partial charge in [-0.15, -0.1) is 0 Å². The van der Waals surface area contributed by atoms with E-state index in [0.717, 1.165) is 36.2 Å². The number of carbonyl (C=O) groups is 1. The van der Waals surface area contributed by atoms with Crippen molar-refractivity contribution in [2.45, 2.75) is 31.8 Å². The van der Waals surface area contributed by atoms with E-state index in [1.807, 2.05) is 49.5 Å². The number of hydrogen-bond donors (Lipinski definition) is 1. The van der Waals surface area contributed by atoms with E-state index in [2.05, 4.69) is 15.5 Å². The maximum absolute atomic E-state index is 13.3. The van der Waals surface area contributed by atoms with Crippen molar-refractivity contribution in [3.05, 3.63) is 59.9 Å². The third-order valence-electron chi connectivity index (χ3n) is 6.22. The largest absolute Gasteiger partial charge is 0.378 e. The van der Waals surface area contributed by atoms with E-state index in [0.29, 0.717) is 5.92 Å². The summed E-state index contributed by atoms with van der Waals surface area (Å²) in [5, 5.41) is 7.47. The molecular formula is C21H21N3O2. The molecule has 1 N–H and O–H groups in total. The summed E-state index contributed by atoms with van der Waals surface area (Å²) in [6.45, 7) is 2.03. The van der Waals surface area contributed by atoms with Crippen molar-refractivity contribution in [2.75, 3.05) is 5.32 Å². The van der Waals surface area contributed by atoms with Gasteiger partial charge in [-0.25, -0.2) is 0 Å². The molecule has 2 saturated carbocycles. The Hall–Kier alpha value is -2.69. The van der Waals surface area contributed by atoms with Crippen LogP contribution in [0.15, 0.2) is 53.9 Å². The SMILES string of the molecule is Cc1ccc(NC(=O)C23ON=C(c4cccnc4)C2C2CCC3C2)cc1. The number of fused-ring (bicyclic) bond motifs is 5. The standard InChI is InChI=1S/C21H21N3O2/c1-13-4-8-17(9-5-13)23-20(25)21-16-7-6-14(11-16)18(21)19(24-26-21)15-3-2-10-22-12-15/h2-5,8-10,12,14,16,18H,6-7,11H2,1H3,(H,23,25). The first-order chi connectivity index (χ1) is 12.7. The molecule has 2 heterocycles. The summed E-state index contributed by atoms with van der Waals surface area (Å²) in [7, 11) is 0. The van der Waals surface area contributed by atoms with Crippen molar-refractivity contribution in [2.24, 2.45) is 22.9 Å². The van der Waals surface area contributed by atoms with Crippen LogP contribution < -0.4 is 5.32 Å². The van der Waals surface area contributed by atoms with Gasteiger partial charge in [0.15, 0.2) is 0 Å². The van der Waals surface area contributed by atoms with E-state index in [-0.39, 0.29) is 17.7 Å². The van der Waals surface area contributed by atoms with Crippen molar-refractivity contribution >= 4 is 17.3 Å². The molecule has 2 fully saturated rings. The fourth-order valence-corrected chi connectivity index (χ4v) is 5.03. The monoisotopic (exact) mass is 347 g/mol. The van der Waals surface area contributed by atoms with Crippen LogP contribution >= 0.6 is 0 Å². The number of aromatic nitrogens is 1. The van der Waals surface area contributed by atoms with Crippen LogP contribution in [0.2, 0.25) is 0 Å². The van der Waals surface area contributed by atoms with E-state index in [9.17, 15) is 4.79 Å². The van der Waals surface area contributed by atoms with Crippen LogP contribution in [-0.2, 0) is 9.63 Å². The molecule has 0 spiro atoms. The number of oxime groups is 1. The van der Waals surface area contributed by atoms with Crippen molar-refractivity contribution in [1.82, 2.24) is 4.98 Å². The lowest BCUT2D eigenvalue weighted by molar-refractivity contribution is -0.149. The van der Waals surface area contributed by atoms with Gasteiger partial charge in [0.2, 0.25) is 5.60 Å². The highest BCUT2D eigenvalue weighted by Gasteiger charge is 2.69. The highest BCUT2D eigenvalue weighted by atomic mass is 16.7. The molecule has 4 unspecified atom stereocenters. The zero-order valence-corrected chi connectivity index (χ0v) is 14.7. The molecule has 0 saturated heterocycles. The summed E-state index contributed by atoms with van der Waals surface area (Å²) in [4.78, 5) is 23.5. The Morgan fingerprint density at radius 2 is 2.08 bits per heavy atom. The number of anilines is 1. The average Bonchev–Trinajstić information content (AvgIpc) is 3.36. The zero-order valence-electron chi connectivity index (χ0n) is 14.7. The maximum Gasteiger partial charge on any atom is 0.272 e. The van der Waals surface area contributed by atoms with Crippen molar-refractivity contribution in [3.63, 3.8) is 0 Å². The summed E-state index contributed by atoms with van der Waals surface area (Å²) in [6, 6.07) is 11.8. The van der Waals surface area contributed by atoms with Gasteiger partial charge in [-0.2, -0.15) is 0 Å². The van der Waals surface area contributed by atoms with Crippen molar-refractivity contribution in [1.29, 1.82) is 0 Å². The number of benzene rings is 1. The molecule has 5 rings (SSSR count). The smallest absolute Gasteiger partial charge is 0.272 e. The van der Waals surface area contributed by atoms with Crippen LogP contribution in [0.4, 0.5) is 5.69 Å². The van der Waals surface area contributed by atoms with Gasteiger partial charge >= 0.3 is 0 Å². The minimum absolute atomic E-state index is 0.0101. The summed E-state index contributed by atoms with van der Waals surface area (Å²) < 4.78 is 0. The molecule has 2 bridgehead atoms. The van der Waals surface area contributed by atoms with E-state index < -0.39 is 5.60 Å². The second kappa shape index (κ2) is 5.66. The van der Waals surface area contributed by atoms with Crippen molar-refractivity contribution < 1.29 is 9.63 Å². The molecule has 5 nitrogen and oxygen atoms in total. The highest BCUT2D eigenvalue weighted by Crippen LogP contribution is 2.60. The van der Waals surface area contributed by atoms with E-state index in [1.165, 1.54) is 5.56 Å². The van der Waals surface area contributed by atoms with Gasteiger partial charge in [0.05, 0.1) is 11.6 Å². The number of hydrogen-bond acceptors (Lipinski definition) is 4. The lowest BCUT2D eigenvalue weighted by Crippen LogP contribution is -2.53. The molecule has 26 heavy (non-hydrogen) atoms. The van der Waals surface area contributed by atoms with E-state index >= 15 is 0 Å². The third kappa shape index (κ3) is 2.13. The topological polar surface area (TPSA) is 63.6 Å². The number of nitrogens with zero attached hydrogens (tertiary/aromatic N) is 2. The predicted octanol–water partition coefficient (Wildman–Crippen LogP) is 3.55. The zero-order chi connectivity index (χ0) is 17.7. The number of amides is 1. The molecular weight excluding hydrogens is 326 g/mol. The summed E-state index contributed by atoms with van der Waals surface area (Å²) in [5.74, 6) is 0.614. The van der Waals surface area contributed by atoms with Crippen LogP contribution in [0.25, 0.3) is 0 Å². The second-order valence-corrected chi connectivity index (χ2v) is 7.67. The fourth-order valence-electron chi connectivity index (χ4n) is 5.03. The Bertz CT molecular complexity index is 878. The molecule has 2 aliphatic carbocycles. The quantitative estimate of drug-likeness (QED) is 0.923. The number of carbonyl (C=O) groups excluding carboxylic acids is 1. The first-order valence-electron chi connectivity index (χ1n) is 9.23. The van der Waals surface area contributed by atoms with Crippen LogP contribution in [0, 0.1) is 24.7 Å². The van der Waals surface area contributed by atoms with Crippen molar-refractivity contribution in [3.8, 4) is 0 Å². The van der Waals surface area contributed by atoms with Gasteiger partial charge in [-0.1, -0.05) is 22.9 Å². The second-order valence-electron chi connectivity index (χ2n) is 7.67. The summed E-state index contributed by atoms with van der Waals surface area (Å²) in [6.07, 6.45) is 6.75. The molecule has 4 atom stereocenters. The fraction of sp³-hybridized carbons (Fsp3) is 0.381. The van der Waals surface area contributed by atoms with Gasteiger partial charge in [-0.05, 0) is 56.4 Å². The molecule has 132 valence electrons. The third-order valence-corrected chi connectivity index (χ3v) is 6.22. The molecule has 0 radical (unpaired) electrons. The summed E-state index contributed by atoms with van der Waals surface area (Å²) in [5.41, 5.74) is 2.92. The Labute approximate surface area is 152 Å². The molecule has 5 heteroatoms. The lowest BCUT2D eigenvalue weighted by atomic mass is 9.72. The Kier molecular flexibility index (Phi) is 3.39. The number of rotatable bonds is 3. The minimum Gasteiger partial charge on any atom is -0.378 e. The number of aryl methyl sites for hydroxylation is 1. The van der Waals surface area contributed by atoms with Crippen LogP contribution in [0.5, 0.6) is 0 Å². The number of nitrogens with one attached hydrogen (secondary N) is 1. The molecule has 1 aliphatic heterocycles. The Morgan fingerprint density at radius 1 is 1.23 bits per heavy atom. The van der Waals surface area contributed by atoms with E-state index in [1.54, 1.807) is 6.20 Å². The predicted molar refractivity (Wildman–Crippen MR) is 98.7 cm³/mol. The minimum atomic E-state index is -0.876. The van der Waals surface area contributed by atoms with E-state index in [4.69, 9.17) is 4.84 Å². The van der Waals surface area contributed by atoms with Gasteiger partial charge in [0.1, 0.15) is 0 Å². The van der Waals surface area contributed by atoms with Crippen LogP contribution in [0.3, 0.4) is 0 Å². The van der Waals surface area contributed by atoms with Gasteiger partial charge < -0.3 is 10.2 Å².